The van der Waals surface area contributed by atoms with Gasteiger partial charge in [-0.05, 0) is 89.5 Å². The molecule has 0 unspecified atom stereocenters. The highest BCUT2D eigenvalue weighted by Gasteiger charge is 2.63. The Morgan fingerprint density at radius 1 is 0.821 bits per heavy atom. The van der Waals surface area contributed by atoms with Crippen LogP contribution in [0.1, 0.15) is 133 Å². The highest BCUT2D eigenvalue weighted by Crippen LogP contribution is 2.54. The van der Waals surface area contributed by atoms with E-state index in [9.17, 15) is 51.7 Å². The van der Waals surface area contributed by atoms with Crippen LogP contribution in [0.2, 0.25) is 0 Å². The highest BCUT2D eigenvalue weighted by molar-refractivity contribution is 5.90. The first kappa shape index (κ1) is 53.1. The van der Waals surface area contributed by atoms with Crippen LogP contribution in [-0.4, -0.2) is 98.5 Å². The van der Waals surface area contributed by atoms with Gasteiger partial charge in [-0.25, -0.2) is 26.7 Å². The van der Waals surface area contributed by atoms with Crippen LogP contribution >= 0.6 is 0 Å². The molecule has 2 spiro atoms. The average Bonchev–Trinajstić information content (AvgIpc) is 3.64. The number of aliphatic hydroxyl groups is 2. The van der Waals surface area contributed by atoms with Crippen molar-refractivity contribution in [1.82, 2.24) is 5.32 Å². The second-order valence-corrected chi connectivity index (χ2v) is 20.5. The van der Waals surface area contributed by atoms with Gasteiger partial charge in [0, 0.05) is 30.1 Å². The van der Waals surface area contributed by atoms with Crippen LogP contribution in [0.5, 0.6) is 0 Å². The van der Waals surface area contributed by atoms with Crippen LogP contribution in [-0.2, 0) is 33.3 Å². The van der Waals surface area contributed by atoms with Crippen molar-refractivity contribution in [3.8, 4) is 0 Å². The van der Waals surface area contributed by atoms with Crippen LogP contribution in [0.4, 0.5) is 32.4 Å². The number of nitrogens with one attached hydrogen (secondary N) is 2. The normalized spacial score (nSPS) is 38.9. The minimum absolute atomic E-state index is 0.00928. The number of urea groups is 1. The summed E-state index contributed by atoms with van der Waals surface area (Å²) >= 11 is 0. The maximum Gasteiger partial charge on any atom is 0.320 e. The minimum Gasteiger partial charge on any atom is -0.481 e. The first-order valence-electron chi connectivity index (χ1n) is 24.2. The van der Waals surface area contributed by atoms with Gasteiger partial charge in [0.2, 0.25) is 5.82 Å². The van der Waals surface area contributed by atoms with Crippen molar-refractivity contribution in [3.63, 3.8) is 0 Å². The number of carboxylic acid groups (broad SMARTS) is 1. The lowest BCUT2D eigenvalue weighted by molar-refractivity contribution is -0.397. The summed E-state index contributed by atoms with van der Waals surface area (Å²) in [5.74, 6) is -19.2. The summed E-state index contributed by atoms with van der Waals surface area (Å²) in [6, 6.07) is -2.57. The third kappa shape index (κ3) is 9.92. The Kier molecular flexibility index (Phi) is 16.0. The fourth-order valence-corrected chi connectivity index (χ4v) is 11.7. The summed E-state index contributed by atoms with van der Waals surface area (Å²) in [5.41, 5.74) is -3.71. The first-order valence-corrected chi connectivity index (χ1v) is 24.2. The van der Waals surface area contributed by atoms with Crippen molar-refractivity contribution in [2.75, 3.05) is 5.32 Å². The molecule has 13 nitrogen and oxygen atoms in total. The Bertz CT molecular complexity index is 2000. The zero-order valence-corrected chi connectivity index (χ0v) is 40.3. The van der Waals surface area contributed by atoms with Gasteiger partial charge in [0.05, 0.1) is 53.7 Å². The Morgan fingerprint density at radius 2 is 1.45 bits per heavy atom. The minimum atomic E-state index is -2.38. The van der Waals surface area contributed by atoms with Gasteiger partial charge in [0.15, 0.2) is 34.8 Å². The third-order valence-corrected chi connectivity index (χ3v) is 16.2. The maximum atomic E-state index is 14.7. The summed E-state index contributed by atoms with van der Waals surface area (Å²) in [5, 5.41) is 37.2. The first-order chi connectivity index (χ1) is 31.3. The largest absolute Gasteiger partial charge is 0.481 e. The molecule has 1 aromatic carbocycles. The summed E-state index contributed by atoms with van der Waals surface area (Å²) in [6.45, 7) is 18.5. The predicted molar refractivity (Wildman–Crippen MR) is 235 cm³/mol. The van der Waals surface area contributed by atoms with Crippen molar-refractivity contribution >= 4 is 23.5 Å². The van der Waals surface area contributed by atoms with Crippen LogP contribution in [0.15, 0.2) is 12.2 Å². The molecule has 4 fully saturated rings. The topological polar surface area (TPSA) is 182 Å². The molecular formula is C49H71F5N2O11. The lowest BCUT2D eigenvalue weighted by Gasteiger charge is -2.55. The molecule has 0 bridgehead atoms. The van der Waals surface area contributed by atoms with E-state index in [1.807, 2.05) is 48.5 Å². The molecule has 378 valence electrons. The number of carbonyl (C=O) groups is 3. The molecule has 18 heteroatoms. The monoisotopic (exact) mass is 958 g/mol. The SMILES string of the molecule is CC[C@@H](C(=O)[C@@H](C)[C@@H](O)[C@H](C)[C@@H]1O[C@@H]([C@@H](CC)C(=O)O)CC[C@@H]1C)[C@H]1O[C@]2(C=C[C@@H](NC(=O)Nc3c(F)c(F)c(F)c(F)c3F)[C@]3(CC[C@@](C)([C@H]4CC[C@](O)(CC)[C@H](C)O4)O3)O2)[C@H](C)C[C@@H]1C. The standard InChI is InChI=1S/C49H71F5N2O11/c1-11-29(44(59)60)31-15-14-23(4)42(64-31)27(8)40(57)26(7)41(58)30(12-2)43-24(5)22-25(6)48(65-43)19-16-32(55-45(61)56-39-37(53)35(51)34(50)36(52)38(39)54)49(67-48)21-20-46(10,66-49)33-17-18-47(62,13-3)28(9)63-33/h16,19,23-33,40,42-43,57,62H,11-15,17-18,20-22H2,1-10H3,(H,59,60)(H2,55,56,61)/t23-,24-,25+,26-,27-,28-,29+,30-,31+,32+,33+,40+,42+,43-,46-,47+,48-,49-/m0/s1. The Balaban J connectivity index is 1.28. The summed E-state index contributed by atoms with van der Waals surface area (Å²) in [7, 11) is 0. The van der Waals surface area contributed by atoms with E-state index in [0.717, 1.165) is 0 Å². The number of amides is 2. The van der Waals surface area contributed by atoms with Crippen molar-refractivity contribution in [3.05, 3.63) is 41.2 Å². The molecule has 5 aliphatic heterocycles. The second kappa shape index (κ2) is 20.2. The second-order valence-electron chi connectivity index (χ2n) is 20.5. The molecule has 1 aromatic rings. The number of ether oxygens (including phenoxy) is 5. The van der Waals surface area contributed by atoms with Gasteiger partial charge < -0.3 is 49.6 Å². The lowest BCUT2D eigenvalue weighted by atomic mass is 9.72. The molecule has 5 aliphatic rings. The Morgan fingerprint density at radius 3 is 2.03 bits per heavy atom. The van der Waals surface area contributed by atoms with Gasteiger partial charge in [-0.1, -0.05) is 61.5 Å². The molecule has 0 radical (unpaired) electrons. The van der Waals surface area contributed by atoms with Crippen molar-refractivity contribution in [2.24, 2.45) is 41.4 Å². The number of hydrogen-bond acceptors (Lipinski definition) is 10. The molecule has 4 saturated heterocycles. The zero-order chi connectivity index (χ0) is 49.7. The molecule has 18 atom stereocenters. The number of Topliss-reactive ketones (excluding diaryl/α,β-unsaturated/α-hetero) is 1. The number of benzene rings is 1. The quantitative estimate of drug-likeness (QED) is 0.0521. The lowest BCUT2D eigenvalue weighted by Crippen LogP contribution is -2.66. The molecule has 5 N–H and O–H groups in total. The number of carboxylic acids is 1. The van der Waals surface area contributed by atoms with E-state index in [4.69, 9.17) is 23.7 Å². The van der Waals surface area contributed by atoms with Gasteiger partial charge in [0.25, 0.3) is 0 Å². The smallest absolute Gasteiger partial charge is 0.320 e. The highest BCUT2D eigenvalue weighted by atomic mass is 19.2. The van der Waals surface area contributed by atoms with Crippen molar-refractivity contribution in [1.29, 1.82) is 0 Å². The Hall–Kier alpha value is -3.26. The fraction of sp³-hybridized carbons (Fsp3) is 0.776. The molecule has 6 rings (SSSR count). The average molecular weight is 959 g/mol. The molecule has 0 aromatic heterocycles. The summed E-state index contributed by atoms with van der Waals surface area (Å²) in [6.07, 6.45) is 3.30. The maximum absolute atomic E-state index is 14.7. The van der Waals surface area contributed by atoms with Gasteiger partial charge in [-0.3, -0.25) is 9.59 Å². The van der Waals surface area contributed by atoms with E-state index in [1.165, 1.54) is 0 Å². The van der Waals surface area contributed by atoms with E-state index >= 15 is 0 Å². The summed E-state index contributed by atoms with van der Waals surface area (Å²) < 4.78 is 105. The van der Waals surface area contributed by atoms with Crippen molar-refractivity contribution in [2.45, 2.75) is 199 Å². The number of anilines is 1. The van der Waals surface area contributed by atoms with Gasteiger partial charge in [-0.2, -0.15) is 0 Å². The summed E-state index contributed by atoms with van der Waals surface area (Å²) in [4.78, 5) is 40.2. The number of ketones is 1. The number of carbonyl (C=O) groups excluding carboxylic acids is 2. The predicted octanol–water partition coefficient (Wildman–Crippen LogP) is 8.71. The van der Waals surface area contributed by atoms with E-state index in [-0.39, 0.29) is 30.0 Å². The van der Waals surface area contributed by atoms with Crippen LogP contribution in [0.25, 0.3) is 0 Å². The van der Waals surface area contributed by atoms with E-state index in [1.54, 1.807) is 38.2 Å². The number of rotatable bonds is 14. The number of halogens is 5. The number of hydrogen-bond donors (Lipinski definition) is 5. The molecule has 2 amide bonds. The molecule has 5 heterocycles. The third-order valence-electron chi connectivity index (χ3n) is 16.2. The Labute approximate surface area is 390 Å². The zero-order valence-electron chi connectivity index (χ0n) is 40.3. The fourth-order valence-electron chi connectivity index (χ4n) is 11.7. The molecule has 67 heavy (non-hydrogen) atoms. The van der Waals surface area contributed by atoms with Crippen molar-refractivity contribution < 1.29 is 75.3 Å². The van der Waals surface area contributed by atoms with Gasteiger partial charge in [0.1, 0.15) is 17.5 Å². The van der Waals surface area contributed by atoms with Crippen LogP contribution in [0, 0.1) is 70.5 Å². The van der Waals surface area contributed by atoms with Gasteiger partial charge >= 0.3 is 12.0 Å². The van der Waals surface area contributed by atoms with Gasteiger partial charge in [-0.15, -0.1) is 0 Å². The number of aliphatic hydroxyl groups excluding tert-OH is 1. The van der Waals surface area contributed by atoms with Crippen LogP contribution < -0.4 is 10.6 Å². The van der Waals surface area contributed by atoms with E-state index < -0.39 is 136 Å². The molecule has 0 aliphatic carbocycles. The molecular weight excluding hydrogens is 888 g/mol. The van der Waals surface area contributed by atoms with Crippen LogP contribution in [0.3, 0.4) is 0 Å². The van der Waals surface area contributed by atoms with E-state index in [0.29, 0.717) is 57.8 Å². The van der Waals surface area contributed by atoms with E-state index in [2.05, 4.69) is 5.32 Å². The molecule has 0 saturated carbocycles. The number of aliphatic carboxylic acids is 1.